The summed E-state index contributed by atoms with van der Waals surface area (Å²) in [6.45, 7) is 1.98. The highest BCUT2D eigenvalue weighted by molar-refractivity contribution is 7.90. The fourth-order valence-corrected chi connectivity index (χ4v) is 2.72. The molecule has 0 bridgehead atoms. The Morgan fingerprint density at radius 3 is 2.55 bits per heavy atom. The van der Waals surface area contributed by atoms with Crippen LogP contribution in [-0.4, -0.2) is 45.5 Å². The van der Waals surface area contributed by atoms with E-state index in [1.807, 2.05) is 7.05 Å². The van der Waals surface area contributed by atoms with Crippen molar-refractivity contribution in [1.29, 1.82) is 0 Å². The van der Waals surface area contributed by atoms with Gasteiger partial charge in [-0.3, -0.25) is 0 Å². The Morgan fingerprint density at radius 1 is 1.55 bits per heavy atom. The molecular weight excluding hydrogens is 162 g/mol. The van der Waals surface area contributed by atoms with E-state index in [-0.39, 0.29) is 0 Å². The van der Waals surface area contributed by atoms with Gasteiger partial charge in [-0.25, -0.2) is 8.42 Å². The Hall–Kier alpha value is -0.0900. The second kappa shape index (κ2) is 3.11. The zero-order valence-corrected chi connectivity index (χ0v) is 7.89. The molecule has 0 aromatic heterocycles. The molecule has 0 N–H and O–H groups in total. The zero-order valence-electron chi connectivity index (χ0n) is 7.08. The summed E-state index contributed by atoms with van der Waals surface area (Å²) in [6.07, 6.45) is 2.34. The Kier molecular flexibility index (Phi) is 2.54. The van der Waals surface area contributed by atoms with Crippen LogP contribution in [0.3, 0.4) is 0 Å². The maximum Gasteiger partial charge on any atom is 0.147 e. The number of rotatable bonds is 2. The van der Waals surface area contributed by atoms with Gasteiger partial charge in [0.15, 0.2) is 0 Å². The second-order valence-electron chi connectivity index (χ2n) is 3.51. The van der Waals surface area contributed by atoms with Crippen molar-refractivity contribution in [3.05, 3.63) is 0 Å². The zero-order chi connectivity index (χ0) is 8.48. The maximum atomic E-state index is 10.9. The van der Waals surface area contributed by atoms with E-state index in [2.05, 4.69) is 4.90 Å². The van der Waals surface area contributed by atoms with Crippen LogP contribution in [0.5, 0.6) is 0 Å². The van der Waals surface area contributed by atoms with Gasteiger partial charge in [-0.2, -0.15) is 0 Å². The molecule has 1 saturated heterocycles. The largest absolute Gasteiger partial charge is 0.306 e. The van der Waals surface area contributed by atoms with Gasteiger partial charge >= 0.3 is 0 Å². The lowest BCUT2D eigenvalue weighted by Gasteiger charge is -2.07. The van der Waals surface area contributed by atoms with Crippen molar-refractivity contribution in [3.8, 4) is 0 Å². The number of sulfone groups is 1. The molecular formula is C7H15NO2S. The monoisotopic (exact) mass is 177 g/mol. The maximum absolute atomic E-state index is 10.9. The average molecular weight is 177 g/mol. The fraction of sp³-hybridized carbons (Fsp3) is 1.00. The predicted octanol–water partition coefficient (Wildman–Crippen LogP) is -0.0173. The van der Waals surface area contributed by atoms with E-state index < -0.39 is 9.84 Å². The first-order valence-electron chi connectivity index (χ1n) is 3.83. The first-order chi connectivity index (χ1) is 4.97. The highest BCUT2D eigenvalue weighted by atomic mass is 32.2. The van der Waals surface area contributed by atoms with Crippen LogP contribution in [0.4, 0.5) is 0 Å². The molecule has 0 amide bonds. The average Bonchev–Trinajstić information content (AvgIpc) is 2.10. The van der Waals surface area contributed by atoms with Gasteiger partial charge in [-0.05, 0) is 25.9 Å². The van der Waals surface area contributed by atoms with Gasteiger partial charge in [0, 0.05) is 12.8 Å². The Morgan fingerprint density at radius 2 is 2.18 bits per heavy atom. The Bertz CT molecular complexity index is 223. The van der Waals surface area contributed by atoms with Crippen molar-refractivity contribution in [2.75, 3.05) is 32.1 Å². The smallest absolute Gasteiger partial charge is 0.147 e. The van der Waals surface area contributed by atoms with E-state index in [9.17, 15) is 8.42 Å². The second-order valence-corrected chi connectivity index (χ2v) is 5.69. The number of hydrogen-bond donors (Lipinski definition) is 0. The molecule has 1 unspecified atom stereocenters. The third-order valence-corrected chi connectivity index (χ3v) is 3.10. The van der Waals surface area contributed by atoms with Crippen molar-refractivity contribution in [1.82, 2.24) is 4.90 Å². The van der Waals surface area contributed by atoms with Crippen molar-refractivity contribution >= 4 is 9.84 Å². The molecule has 0 spiro atoms. The van der Waals surface area contributed by atoms with Gasteiger partial charge in [-0.1, -0.05) is 0 Å². The van der Waals surface area contributed by atoms with Gasteiger partial charge in [0.2, 0.25) is 0 Å². The van der Waals surface area contributed by atoms with Crippen LogP contribution in [0.2, 0.25) is 0 Å². The fourth-order valence-electron chi connectivity index (χ4n) is 1.59. The van der Waals surface area contributed by atoms with Gasteiger partial charge in [-0.15, -0.1) is 0 Å². The molecule has 1 atom stereocenters. The Labute approximate surface area is 68.3 Å². The summed E-state index contributed by atoms with van der Waals surface area (Å²) in [5, 5.41) is 0. The highest BCUT2D eigenvalue weighted by Gasteiger charge is 2.22. The van der Waals surface area contributed by atoms with E-state index >= 15 is 0 Å². The summed E-state index contributed by atoms with van der Waals surface area (Å²) in [5.41, 5.74) is 0. The molecule has 4 heteroatoms. The molecule has 1 aliphatic rings. The normalized spacial score (nSPS) is 27.6. The van der Waals surface area contributed by atoms with Crippen LogP contribution in [0.25, 0.3) is 0 Å². The topological polar surface area (TPSA) is 37.4 Å². The lowest BCUT2D eigenvalue weighted by Crippen LogP contribution is -2.19. The van der Waals surface area contributed by atoms with E-state index in [1.165, 1.54) is 6.26 Å². The van der Waals surface area contributed by atoms with Crippen LogP contribution in [0, 0.1) is 5.92 Å². The molecule has 3 nitrogen and oxygen atoms in total. The summed E-state index contributed by atoms with van der Waals surface area (Å²) in [4.78, 5) is 2.18. The van der Waals surface area contributed by atoms with Crippen LogP contribution >= 0.6 is 0 Å². The molecule has 66 valence electrons. The third kappa shape index (κ3) is 3.20. The van der Waals surface area contributed by atoms with E-state index in [0.717, 1.165) is 19.5 Å². The van der Waals surface area contributed by atoms with Crippen molar-refractivity contribution < 1.29 is 8.42 Å². The quantitative estimate of drug-likeness (QED) is 0.595. The van der Waals surface area contributed by atoms with Crippen molar-refractivity contribution in [3.63, 3.8) is 0 Å². The van der Waals surface area contributed by atoms with E-state index in [4.69, 9.17) is 0 Å². The first kappa shape index (κ1) is 9.00. The molecule has 0 saturated carbocycles. The first-order valence-corrected chi connectivity index (χ1v) is 5.90. The van der Waals surface area contributed by atoms with Gasteiger partial charge in [0.1, 0.15) is 9.84 Å². The molecule has 1 aliphatic heterocycles. The standard InChI is InChI=1S/C7H15NO2S/c1-8-4-3-7(5-8)6-11(2,9)10/h7H,3-6H2,1-2H3. The van der Waals surface area contributed by atoms with Gasteiger partial charge in [0.05, 0.1) is 5.75 Å². The van der Waals surface area contributed by atoms with Crippen molar-refractivity contribution in [2.24, 2.45) is 5.92 Å². The van der Waals surface area contributed by atoms with Gasteiger partial charge < -0.3 is 4.90 Å². The van der Waals surface area contributed by atoms with Crippen LogP contribution in [0.1, 0.15) is 6.42 Å². The molecule has 0 aromatic carbocycles. The summed E-state index contributed by atoms with van der Waals surface area (Å²) >= 11 is 0. The molecule has 1 fully saturated rings. The summed E-state index contributed by atoms with van der Waals surface area (Å²) < 4.78 is 21.8. The highest BCUT2D eigenvalue weighted by Crippen LogP contribution is 2.15. The molecule has 0 aliphatic carbocycles. The molecule has 1 heterocycles. The SMILES string of the molecule is CN1CCC(CS(C)(=O)=O)C1. The number of likely N-dealkylation sites (tertiary alicyclic amines) is 1. The summed E-state index contributed by atoms with van der Waals surface area (Å²) in [6, 6.07) is 0. The lowest BCUT2D eigenvalue weighted by atomic mass is 10.2. The minimum absolute atomic E-state index is 0.358. The number of nitrogens with zero attached hydrogens (tertiary/aromatic N) is 1. The van der Waals surface area contributed by atoms with Gasteiger partial charge in [0.25, 0.3) is 0 Å². The van der Waals surface area contributed by atoms with E-state index in [0.29, 0.717) is 11.7 Å². The summed E-state index contributed by atoms with van der Waals surface area (Å²) in [5.74, 6) is 0.729. The molecule has 0 radical (unpaired) electrons. The predicted molar refractivity (Wildman–Crippen MR) is 45.3 cm³/mol. The van der Waals surface area contributed by atoms with Crippen LogP contribution in [-0.2, 0) is 9.84 Å². The van der Waals surface area contributed by atoms with Crippen molar-refractivity contribution in [2.45, 2.75) is 6.42 Å². The molecule has 1 rings (SSSR count). The minimum atomic E-state index is -2.76. The Balaban J connectivity index is 2.41. The molecule has 11 heavy (non-hydrogen) atoms. The van der Waals surface area contributed by atoms with E-state index in [1.54, 1.807) is 0 Å². The number of hydrogen-bond acceptors (Lipinski definition) is 3. The summed E-state index contributed by atoms with van der Waals surface area (Å²) in [7, 11) is -0.728. The third-order valence-electron chi connectivity index (χ3n) is 2.03. The molecule has 0 aromatic rings. The van der Waals surface area contributed by atoms with Crippen LogP contribution < -0.4 is 0 Å². The van der Waals surface area contributed by atoms with Crippen LogP contribution in [0.15, 0.2) is 0 Å². The lowest BCUT2D eigenvalue weighted by molar-refractivity contribution is 0.402. The minimum Gasteiger partial charge on any atom is -0.306 e.